The Bertz CT molecular complexity index is 565. The van der Waals surface area contributed by atoms with E-state index in [4.69, 9.17) is 5.73 Å². The third-order valence-electron chi connectivity index (χ3n) is 3.74. The van der Waals surface area contributed by atoms with E-state index in [0.29, 0.717) is 6.54 Å². The molecule has 1 unspecified atom stereocenters. The van der Waals surface area contributed by atoms with Gasteiger partial charge in [-0.3, -0.25) is 9.88 Å². The Hall–Kier alpha value is -1.23. The minimum atomic E-state index is 0.280. The van der Waals surface area contributed by atoms with Gasteiger partial charge in [0.2, 0.25) is 0 Å². The summed E-state index contributed by atoms with van der Waals surface area (Å²) in [6.45, 7) is 8.88. The van der Waals surface area contributed by atoms with Crippen molar-refractivity contribution in [3.63, 3.8) is 0 Å². The van der Waals surface area contributed by atoms with E-state index in [-0.39, 0.29) is 6.04 Å². The smallest absolute Gasteiger partial charge is 0.0567 e. The number of likely N-dealkylation sites (N-methyl/N-ethyl adjacent to an activating group) is 1. The highest BCUT2D eigenvalue weighted by molar-refractivity contribution is 7.12. The zero-order valence-electron chi connectivity index (χ0n) is 13.2. The SMILES string of the molecule is CCc1ccc(C(CN)N(CC)Cc2cccc(C)n2)s1. The second-order valence-electron chi connectivity index (χ2n) is 5.24. The molecule has 2 N–H and O–H groups in total. The molecule has 2 rings (SSSR count). The average molecular weight is 303 g/mol. The molecular weight excluding hydrogens is 278 g/mol. The minimum absolute atomic E-state index is 0.280. The predicted octanol–water partition coefficient (Wildman–Crippen LogP) is 3.54. The number of hydrogen-bond donors (Lipinski definition) is 1. The van der Waals surface area contributed by atoms with Gasteiger partial charge in [0, 0.05) is 28.5 Å². The van der Waals surface area contributed by atoms with Crippen LogP contribution in [0, 0.1) is 6.92 Å². The molecule has 4 heteroatoms. The van der Waals surface area contributed by atoms with E-state index in [0.717, 1.165) is 30.9 Å². The van der Waals surface area contributed by atoms with Crippen molar-refractivity contribution in [1.29, 1.82) is 0 Å². The van der Waals surface area contributed by atoms with E-state index >= 15 is 0 Å². The molecule has 3 nitrogen and oxygen atoms in total. The number of pyridine rings is 1. The first kappa shape index (κ1) is 16.1. The number of nitrogens with two attached hydrogens (primary N) is 1. The van der Waals surface area contributed by atoms with Crippen molar-refractivity contribution in [2.45, 2.75) is 39.8 Å². The van der Waals surface area contributed by atoms with Gasteiger partial charge >= 0.3 is 0 Å². The number of nitrogens with zero attached hydrogens (tertiary/aromatic N) is 2. The summed E-state index contributed by atoms with van der Waals surface area (Å²) in [5.41, 5.74) is 8.24. The summed E-state index contributed by atoms with van der Waals surface area (Å²) >= 11 is 1.88. The molecule has 21 heavy (non-hydrogen) atoms. The average Bonchev–Trinajstić information content (AvgIpc) is 2.96. The number of thiophene rings is 1. The molecule has 0 saturated carbocycles. The lowest BCUT2D eigenvalue weighted by atomic mass is 10.2. The van der Waals surface area contributed by atoms with Gasteiger partial charge in [0.15, 0.2) is 0 Å². The van der Waals surface area contributed by atoms with E-state index < -0.39 is 0 Å². The Labute approximate surface area is 131 Å². The lowest BCUT2D eigenvalue weighted by Gasteiger charge is -2.28. The third kappa shape index (κ3) is 4.13. The predicted molar refractivity (Wildman–Crippen MR) is 90.6 cm³/mol. The van der Waals surface area contributed by atoms with Gasteiger partial charge in [-0.25, -0.2) is 0 Å². The molecule has 114 valence electrons. The van der Waals surface area contributed by atoms with Crippen LogP contribution in [0.4, 0.5) is 0 Å². The number of aryl methyl sites for hydroxylation is 2. The summed E-state index contributed by atoms with van der Waals surface area (Å²) in [6, 6.07) is 10.9. The Morgan fingerprint density at radius 3 is 2.62 bits per heavy atom. The third-order valence-corrected chi connectivity index (χ3v) is 5.07. The normalized spacial score (nSPS) is 12.8. The first-order valence-electron chi connectivity index (χ1n) is 7.63. The maximum Gasteiger partial charge on any atom is 0.0567 e. The van der Waals surface area contributed by atoms with Crippen LogP contribution in [0.15, 0.2) is 30.3 Å². The molecule has 0 amide bonds. The largest absolute Gasteiger partial charge is 0.329 e. The second-order valence-corrected chi connectivity index (χ2v) is 6.44. The Kier molecular flexibility index (Phi) is 5.91. The molecule has 2 aromatic heterocycles. The van der Waals surface area contributed by atoms with Crippen molar-refractivity contribution in [3.05, 3.63) is 51.5 Å². The lowest BCUT2D eigenvalue weighted by Crippen LogP contribution is -2.33. The molecule has 1 atom stereocenters. The highest BCUT2D eigenvalue weighted by atomic mass is 32.1. The highest BCUT2D eigenvalue weighted by Gasteiger charge is 2.20. The first-order valence-corrected chi connectivity index (χ1v) is 8.44. The van der Waals surface area contributed by atoms with Crippen LogP contribution >= 0.6 is 11.3 Å². The molecule has 0 saturated heterocycles. The van der Waals surface area contributed by atoms with Gasteiger partial charge in [0.05, 0.1) is 11.7 Å². The number of aromatic nitrogens is 1. The maximum atomic E-state index is 6.06. The van der Waals surface area contributed by atoms with Gasteiger partial charge in [-0.15, -0.1) is 11.3 Å². The summed E-state index contributed by atoms with van der Waals surface area (Å²) < 4.78 is 0. The van der Waals surface area contributed by atoms with Crippen LogP contribution in [0.25, 0.3) is 0 Å². The fourth-order valence-corrected chi connectivity index (χ4v) is 3.65. The van der Waals surface area contributed by atoms with Crippen LogP contribution in [0.2, 0.25) is 0 Å². The van der Waals surface area contributed by atoms with E-state index in [9.17, 15) is 0 Å². The molecule has 0 fully saturated rings. The molecule has 0 aliphatic rings. The van der Waals surface area contributed by atoms with Gasteiger partial charge in [-0.05, 0) is 44.2 Å². The van der Waals surface area contributed by atoms with Crippen LogP contribution in [0.1, 0.15) is 41.0 Å². The van der Waals surface area contributed by atoms with Gasteiger partial charge < -0.3 is 5.73 Å². The van der Waals surface area contributed by atoms with Crippen LogP contribution in [0.5, 0.6) is 0 Å². The van der Waals surface area contributed by atoms with E-state index in [1.165, 1.54) is 9.75 Å². The Morgan fingerprint density at radius 1 is 1.24 bits per heavy atom. The second kappa shape index (κ2) is 7.69. The summed E-state index contributed by atoms with van der Waals surface area (Å²) in [4.78, 5) is 9.81. The van der Waals surface area contributed by atoms with E-state index in [1.54, 1.807) is 0 Å². The molecule has 0 spiro atoms. The first-order chi connectivity index (χ1) is 10.2. The molecule has 0 radical (unpaired) electrons. The fraction of sp³-hybridized carbons (Fsp3) is 0.471. The number of rotatable bonds is 7. The standard InChI is InChI=1S/C17H25N3S/c1-4-15-9-10-17(21-15)16(11-18)20(5-2)12-14-8-6-7-13(3)19-14/h6-10,16H,4-5,11-12,18H2,1-3H3. The van der Waals surface area contributed by atoms with Gasteiger partial charge in [-0.1, -0.05) is 19.9 Å². The quantitative estimate of drug-likeness (QED) is 0.850. The summed E-state index contributed by atoms with van der Waals surface area (Å²) in [5.74, 6) is 0. The van der Waals surface area contributed by atoms with Crippen LogP contribution in [-0.2, 0) is 13.0 Å². The van der Waals surface area contributed by atoms with Gasteiger partial charge in [0.1, 0.15) is 0 Å². The Morgan fingerprint density at radius 2 is 2.05 bits per heavy atom. The van der Waals surface area contributed by atoms with Crippen molar-refractivity contribution in [3.8, 4) is 0 Å². The molecule has 0 aromatic carbocycles. The number of hydrogen-bond acceptors (Lipinski definition) is 4. The zero-order valence-corrected chi connectivity index (χ0v) is 14.0. The van der Waals surface area contributed by atoms with Gasteiger partial charge in [-0.2, -0.15) is 0 Å². The van der Waals surface area contributed by atoms with Crippen molar-refractivity contribution in [2.24, 2.45) is 5.73 Å². The molecular formula is C17H25N3S. The lowest BCUT2D eigenvalue weighted by molar-refractivity contribution is 0.204. The van der Waals surface area contributed by atoms with E-state index in [1.807, 2.05) is 24.3 Å². The molecule has 0 aliphatic heterocycles. The van der Waals surface area contributed by atoms with Crippen molar-refractivity contribution in [2.75, 3.05) is 13.1 Å². The summed E-state index contributed by atoms with van der Waals surface area (Å²) in [6.07, 6.45) is 1.09. The van der Waals surface area contributed by atoms with Crippen LogP contribution in [-0.4, -0.2) is 23.0 Å². The Balaban J connectivity index is 2.17. The van der Waals surface area contributed by atoms with E-state index in [2.05, 4.69) is 48.0 Å². The van der Waals surface area contributed by atoms with Crippen LogP contribution < -0.4 is 5.73 Å². The monoisotopic (exact) mass is 303 g/mol. The van der Waals surface area contributed by atoms with Gasteiger partial charge in [0.25, 0.3) is 0 Å². The minimum Gasteiger partial charge on any atom is -0.329 e. The van der Waals surface area contributed by atoms with Crippen molar-refractivity contribution >= 4 is 11.3 Å². The molecule has 0 bridgehead atoms. The van der Waals surface area contributed by atoms with Crippen molar-refractivity contribution < 1.29 is 0 Å². The van der Waals surface area contributed by atoms with Crippen LogP contribution in [0.3, 0.4) is 0 Å². The topological polar surface area (TPSA) is 42.1 Å². The van der Waals surface area contributed by atoms with Crippen molar-refractivity contribution in [1.82, 2.24) is 9.88 Å². The summed E-state index contributed by atoms with van der Waals surface area (Å²) in [7, 11) is 0. The maximum absolute atomic E-state index is 6.06. The summed E-state index contributed by atoms with van der Waals surface area (Å²) in [5, 5.41) is 0. The molecule has 2 heterocycles. The highest BCUT2D eigenvalue weighted by Crippen LogP contribution is 2.28. The molecule has 0 aliphatic carbocycles. The molecule has 2 aromatic rings. The fourth-order valence-electron chi connectivity index (χ4n) is 2.55. The zero-order chi connectivity index (χ0) is 15.2.